The molecule has 0 fully saturated rings. The lowest BCUT2D eigenvalue weighted by Crippen LogP contribution is -2.17. The Bertz CT molecular complexity index is 176. The van der Waals surface area contributed by atoms with Crippen LogP contribution in [0.5, 0.6) is 0 Å². The summed E-state index contributed by atoms with van der Waals surface area (Å²) < 4.78 is 0. The van der Waals surface area contributed by atoms with Gasteiger partial charge < -0.3 is 0 Å². The third kappa shape index (κ3) is 1.40. The molecule has 0 aromatic heterocycles. The fourth-order valence-corrected chi connectivity index (χ4v) is 2.18. The van der Waals surface area contributed by atoms with Gasteiger partial charge in [0.1, 0.15) is 0 Å². The Labute approximate surface area is 70.0 Å². The van der Waals surface area contributed by atoms with Gasteiger partial charge in [-0.2, -0.15) is 0 Å². The zero-order valence-corrected chi connectivity index (χ0v) is 6.46. The molecule has 0 heterocycles. The van der Waals surface area contributed by atoms with Crippen molar-refractivity contribution in [2.24, 2.45) is 17.8 Å². The van der Waals surface area contributed by atoms with Crippen LogP contribution in [0.15, 0.2) is 24.3 Å². The maximum absolute atomic E-state index is 2.40. The first kappa shape index (κ1) is 8.58. The molecule has 0 nitrogen and oxygen atoms in total. The summed E-state index contributed by atoms with van der Waals surface area (Å²) in [6, 6.07) is 0. The van der Waals surface area contributed by atoms with Crippen LogP contribution in [0.1, 0.15) is 27.2 Å². The molecule has 0 bridgehead atoms. The van der Waals surface area contributed by atoms with Crippen molar-refractivity contribution < 1.29 is 0 Å². The van der Waals surface area contributed by atoms with Crippen LogP contribution in [0.2, 0.25) is 0 Å². The summed E-state index contributed by atoms with van der Waals surface area (Å²) in [5.74, 6) is 2.60. The predicted octanol–water partition coefficient (Wildman–Crippen LogP) is 3.41. The van der Waals surface area contributed by atoms with Gasteiger partial charge in [-0.25, -0.2) is 0 Å². The molecule has 0 radical (unpaired) electrons. The van der Waals surface area contributed by atoms with E-state index >= 15 is 0 Å². The fourth-order valence-electron chi connectivity index (χ4n) is 2.18. The van der Waals surface area contributed by atoms with Crippen molar-refractivity contribution in [3.63, 3.8) is 0 Å². The molecule has 2 aliphatic rings. The first-order valence-electron chi connectivity index (χ1n) is 4.21. The van der Waals surface area contributed by atoms with Crippen molar-refractivity contribution in [1.82, 2.24) is 0 Å². The lowest BCUT2D eigenvalue weighted by molar-refractivity contribution is 0.343. The Hall–Kier alpha value is -0.520. The monoisotopic (exact) mass is 150 g/mol. The van der Waals surface area contributed by atoms with Crippen LogP contribution < -0.4 is 0 Å². The van der Waals surface area contributed by atoms with Crippen molar-refractivity contribution in [3.05, 3.63) is 24.3 Å². The molecule has 0 heteroatoms. The third-order valence-electron chi connectivity index (χ3n) is 2.83. The molecule has 11 heavy (non-hydrogen) atoms. The van der Waals surface area contributed by atoms with E-state index in [0.717, 1.165) is 17.8 Å². The summed E-state index contributed by atoms with van der Waals surface area (Å²) >= 11 is 0. The largest absolute Gasteiger partial charge is 0.0879 e. The first-order valence-corrected chi connectivity index (χ1v) is 4.21. The molecular formula is C11H18. The highest BCUT2D eigenvalue weighted by molar-refractivity contribution is 5.11. The molecule has 62 valence electrons. The number of fused-ring (bicyclic) bond motifs is 1. The maximum atomic E-state index is 2.40. The van der Waals surface area contributed by atoms with Gasteiger partial charge in [0.05, 0.1) is 0 Å². The van der Waals surface area contributed by atoms with Crippen molar-refractivity contribution in [1.29, 1.82) is 0 Å². The van der Waals surface area contributed by atoms with E-state index in [0.29, 0.717) is 0 Å². The average molecular weight is 150 g/mol. The first-order chi connectivity index (χ1) is 4.88. The van der Waals surface area contributed by atoms with Gasteiger partial charge in [0, 0.05) is 0 Å². The van der Waals surface area contributed by atoms with Crippen LogP contribution in [0.4, 0.5) is 0 Å². The van der Waals surface area contributed by atoms with E-state index in [4.69, 9.17) is 0 Å². The second-order valence-corrected chi connectivity index (χ2v) is 3.52. The highest BCUT2D eigenvalue weighted by atomic mass is 14.3. The molecule has 0 saturated heterocycles. The zero-order valence-electron chi connectivity index (χ0n) is 6.46. The Kier molecular flexibility index (Phi) is 2.53. The number of hydrogen-bond donors (Lipinski definition) is 0. The molecule has 0 N–H and O–H groups in total. The second-order valence-electron chi connectivity index (χ2n) is 3.52. The summed E-state index contributed by atoms with van der Waals surface area (Å²) in [6.07, 6.45) is 12.1. The summed E-state index contributed by atoms with van der Waals surface area (Å²) in [5, 5.41) is 0. The van der Waals surface area contributed by atoms with Crippen molar-refractivity contribution >= 4 is 0 Å². The summed E-state index contributed by atoms with van der Waals surface area (Å²) in [6.45, 7) is 2.32. The van der Waals surface area contributed by atoms with Gasteiger partial charge in [0.2, 0.25) is 0 Å². The molecule has 0 spiro atoms. The van der Waals surface area contributed by atoms with Gasteiger partial charge >= 0.3 is 0 Å². The molecule has 3 unspecified atom stereocenters. The molecule has 2 aliphatic carbocycles. The summed E-state index contributed by atoms with van der Waals surface area (Å²) in [7, 11) is 0. The van der Waals surface area contributed by atoms with Crippen LogP contribution in [0.3, 0.4) is 0 Å². The molecule has 3 atom stereocenters. The summed E-state index contributed by atoms with van der Waals surface area (Å²) in [4.78, 5) is 0. The van der Waals surface area contributed by atoms with E-state index in [1.54, 1.807) is 0 Å². The fraction of sp³-hybridized carbons (Fsp3) is 0.636. The number of hydrogen-bond acceptors (Lipinski definition) is 0. The second kappa shape index (κ2) is 3.25. The quantitative estimate of drug-likeness (QED) is 0.464. The van der Waals surface area contributed by atoms with Crippen molar-refractivity contribution in [2.45, 2.75) is 27.2 Å². The van der Waals surface area contributed by atoms with Gasteiger partial charge in [0.15, 0.2) is 0 Å². The zero-order chi connectivity index (χ0) is 6.97. The maximum Gasteiger partial charge on any atom is -0.0139 e. The minimum atomic E-state index is 0. The lowest BCUT2D eigenvalue weighted by atomic mass is 9.79. The molecule has 0 aliphatic heterocycles. The van der Waals surface area contributed by atoms with Gasteiger partial charge in [-0.1, -0.05) is 38.7 Å². The van der Waals surface area contributed by atoms with Crippen LogP contribution in [-0.4, -0.2) is 0 Å². The predicted molar refractivity (Wildman–Crippen MR) is 50.4 cm³/mol. The van der Waals surface area contributed by atoms with E-state index in [1.165, 1.54) is 12.8 Å². The van der Waals surface area contributed by atoms with E-state index in [9.17, 15) is 0 Å². The molecule has 2 rings (SSSR count). The minimum Gasteiger partial charge on any atom is -0.0879 e. The standard InChI is InChI=1S/C10H14.CH4/c1-8-4-2-5-9-6-3-7-10(8)9;/h2-4,7-10H,5-6H2,1H3;1H4. The Morgan fingerprint density at radius 3 is 2.36 bits per heavy atom. The minimum absolute atomic E-state index is 0. The SMILES string of the molecule is C.CC1C=CCC2CC=CC12. The number of allylic oxidation sites excluding steroid dienone is 4. The normalized spacial score (nSPS) is 39.9. The summed E-state index contributed by atoms with van der Waals surface area (Å²) in [5.41, 5.74) is 0. The Morgan fingerprint density at radius 1 is 1.09 bits per heavy atom. The highest BCUT2D eigenvalue weighted by Crippen LogP contribution is 2.37. The van der Waals surface area contributed by atoms with Crippen LogP contribution in [0.25, 0.3) is 0 Å². The van der Waals surface area contributed by atoms with Crippen molar-refractivity contribution in [2.75, 3.05) is 0 Å². The molecule has 0 saturated carbocycles. The van der Waals surface area contributed by atoms with E-state index in [2.05, 4.69) is 31.2 Å². The molecule has 0 amide bonds. The van der Waals surface area contributed by atoms with E-state index < -0.39 is 0 Å². The van der Waals surface area contributed by atoms with Gasteiger partial charge in [-0.15, -0.1) is 0 Å². The highest BCUT2D eigenvalue weighted by Gasteiger charge is 2.27. The topological polar surface area (TPSA) is 0 Å². The smallest absolute Gasteiger partial charge is 0.0139 e. The van der Waals surface area contributed by atoms with Gasteiger partial charge in [-0.05, 0) is 30.6 Å². The Morgan fingerprint density at radius 2 is 1.73 bits per heavy atom. The van der Waals surface area contributed by atoms with Crippen LogP contribution >= 0.6 is 0 Å². The van der Waals surface area contributed by atoms with Gasteiger partial charge in [0.25, 0.3) is 0 Å². The molecular weight excluding hydrogens is 132 g/mol. The lowest BCUT2D eigenvalue weighted by Gasteiger charge is -2.26. The van der Waals surface area contributed by atoms with Crippen LogP contribution in [0, 0.1) is 17.8 Å². The Balaban J connectivity index is 0.000000605. The van der Waals surface area contributed by atoms with E-state index in [-0.39, 0.29) is 7.43 Å². The van der Waals surface area contributed by atoms with Crippen LogP contribution in [-0.2, 0) is 0 Å². The molecule has 0 aromatic rings. The number of rotatable bonds is 0. The van der Waals surface area contributed by atoms with Crippen molar-refractivity contribution in [3.8, 4) is 0 Å². The third-order valence-corrected chi connectivity index (χ3v) is 2.83. The van der Waals surface area contributed by atoms with E-state index in [1.807, 2.05) is 0 Å². The molecule has 0 aromatic carbocycles. The average Bonchev–Trinajstić information content (AvgIpc) is 2.36. The van der Waals surface area contributed by atoms with Gasteiger partial charge in [-0.3, -0.25) is 0 Å².